The van der Waals surface area contributed by atoms with Gasteiger partial charge < -0.3 is 10.1 Å². The third-order valence-corrected chi connectivity index (χ3v) is 1.52. The summed E-state index contributed by atoms with van der Waals surface area (Å²) >= 11 is 0. The molecule has 0 saturated heterocycles. The molecule has 0 aromatic heterocycles. The van der Waals surface area contributed by atoms with E-state index < -0.39 is 0 Å². The first-order valence-corrected chi connectivity index (χ1v) is 3.42. The first-order valence-electron chi connectivity index (χ1n) is 3.42. The number of rotatable bonds is 4. The molecule has 0 N–H and O–H groups in total. The van der Waals surface area contributed by atoms with Gasteiger partial charge in [-0.1, -0.05) is 6.92 Å². The lowest BCUT2D eigenvalue weighted by Crippen LogP contribution is -2.21. The van der Waals surface area contributed by atoms with Crippen molar-refractivity contribution in [1.82, 2.24) is 0 Å². The average molecular weight is 130 g/mol. The smallest absolute Gasteiger partial charge is 0.0440 e. The second-order valence-corrected chi connectivity index (χ2v) is 2.16. The van der Waals surface area contributed by atoms with Crippen molar-refractivity contribution in [3.05, 3.63) is 5.32 Å². The molecule has 0 aliphatic rings. The highest BCUT2D eigenvalue weighted by Crippen LogP contribution is 2.04. The van der Waals surface area contributed by atoms with Crippen molar-refractivity contribution in [2.45, 2.75) is 32.9 Å². The van der Waals surface area contributed by atoms with Crippen LogP contribution in [0.25, 0.3) is 5.32 Å². The van der Waals surface area contributed by atoms with E-state index in [4.69, 9.17) is 4.74 Å². The second-order valence-electron chi connectivity index (χ2n) is 2.16. The molecule has 0 fully saturated rings. The fourth-order valence-corrected chi connectivity index (χ4v) is 0.612. The standard InChI is InChI=1S/C7H16NO/c1-5-9-7(3)6(2)8-4/h6-7H,5H2,1-4H3/q-1. The molecule has 2 atom stereocenters. The zero-order valence-electron chi connectivity index (χ0n) is 6.72. The van der Waals surface area contributed by atoms with Gasteiger partial charge in [-0.05, 0) is 13.8 Å². The summed E-state index contributed by atoms with van der Waals surface area (Å²) in [6.07, 6.45) is 0.264. The Morgan fingerprint density at radius 2 is 2.00 bits per heavy atom. The predicted octanol–water partition coefficient (Wildman–Crippen LogP) is 1.80. The molecular formula is C7H16NO-. The van der Waals surface area contributed by atoms with Gasteiger partial charge in [0.15, 0.2) is 0 Å². The van der Waals surface area contributed by atoms with Gasteiger partial charge in [-0.15, -0.1) is 6.04 Å². The van der Waals surface area contributed by atoms with Crippen molar-refractivity contribution in [3.8, 4) is 0 Å². The lowest BCUT2D eigenvalue weighted by Gasteiger charge is -2.29. The van der Waals surface area contributed by atoms with Crippen LogP contribution in [0, 0.1) is 0 Å². The minimum Gasteiger partial charge on any atom is -0.660 e. The molecular weight excluding hydrogens is 114 g/mol. The van der Waals surface area contributed by atoms with Crippen molar-refractivity contribution in [3.63, 3.8) is 0 Å². The fraction of sp³-hybridized carbons (Fsp3) is 1.00. The highest BCUT2D eigenvalue weighted by atomic mass is 16.5. The first kappa shape index (κ1) is 8.92. The van der Waals surface area contributed by atoms with E-state index in [0.717, 1.165) is 6.61 Å². The van der Waals surface area contributed by atoms with Crippen LogP contribution >= 0.6 is 0 Å². The molecule has 9 heavy (non-hydrogen) atoms. The molecule has 0 aliphatic heterocycles. The van der Waals surface area contributed by atoms with Crippen LogP contribution in [-0.2, 0) is 4.74 Å². The van der Waals surface area contributed by atoms with Crippen molar-refractivity contribution < 1.29 is 4.74 Å². The molecule has 0 saturated carbocycles. The molecule has 56 valence electrons. The Labute approximate surface area is 57.6 Å². The van der Waals surface area contributed by atoms with Crippen molar-refractivity contribution in [1.29, 1.82) is 0 Å². The molecule has 0 aromatic carbocycles. The minimum absolute atomic E-state index is 0.264. The average Bonchev–Trinajstić information content (AvgIpc) is 1.87. The van der Waals surface area contributed by atoms with E-state index in [2.05, 4.69) is 12.2 Å². The van der Waals surface area contributed by atoms with Crippen LogP contribution in [-0.4, -0.2) is 25.8 Å². The molecule has 2 unspecified atom stereocenters. The zero-order valence-corrected chi connectivity index (χ0v) is 6.72. The molecule has 0 amide bonds. The van der Waals surface area contributed by atoms with Crippen molar-refractivity contribution >= 4 is 0 Å². The number of hydrogen-bond acceptors (Lipinski definition) is 1. The van der Waals surface area contributed by atoms with E-state index in [1.807, 2.05) is 20.9 Å². The van der Waals surface area contributed by atoms with E-state index in [0.29, 0.717) is 6.04 Å². The van der Waals surface area contributed by atoms with E-state index in [9.17, 15) is 0 Å². The summed E-state index contributed by atoms with van der Waals surface area (Å²) in [6, 6.07) is 0.324. The molecule has 0 aromatic rings. The summed E-state index contributed by atoms with van der Waals surface area (Å²) in [6.45, 7) is 6.88. The summed E-state index contributed by atoms with van der Waals surface area (Å²) < 4.78 is 5.30. The Bertz CT molecular complexity index is 65.9. The third-order valence-electron chi connectivity index (χ3n) is 1.52. The van der Waals surface area contributed by atoms with Gasteiger partial charge in [0.1, 0.15) is 0 Å². The van der Waals surface area contributed by atoms with Crippen molar-refractivity contribution in [2.75, 3.05) is 13.7 Å². The molecule has 0 bridgehead atoms. The topological polar surface area (TPSA) is 23.3 Å². The molecule has 0 rings (SSSR count). The van der Waals surface area contributed by atoms with Crippen LogP contribution in [0.2, 0.25) is 0 Å². The van der Waals surface area contributed by atoms with Gasteiger partial charge in [-0.3, -0.25) is 0 Å². The number of ether oxygens (including phenoxy) is 1. The monoisotopic (exact) mass is 130 g/mol. The second kappa shape index (κ2) is 4.77. The van der Waals surface area contributed by atoms with Gasteiger partial charge in [0, 0.05) is 12.7 Å². The maximum atomic E-state index is 5.30. The summed E-state index contributed by atoms with van der Waals surface area (Å²) in [5.74, 6) is 0. The van der Waals surface area contributed by atoms with Gasteiger partial charge in [-0.2, -0.15) is 7.05 Å². The molecule has 0 radical (unpaired) electrons. The summed E-state index contributed by atoms with van der Waals surface area (Å²) in [4.78, 5) is 0. The van der Waals surface area contributed by atoms with Gasteiger partial charge >= 0.3 is 0 Å². The number of likely N-dealkylation sites (N-methyl/N-ethyl adjacent to an activating group) is 1. The van der Waals surface area contributed by atoms with Crippen LogP contribution in [0.3, 0.4) is 0 Å². The Kier molecular flexibility index (Phi) is 4.72. The molecule has 0 aliphatic carbocycles. The van der Waals surface area contributed by atoms with Gasteiger partial charge in [-0.25, -0.2) is 0 Å². The molecule has 0 heterocycles. The highest BCUT2D eigenvalue weighted by Gasteiger charge is 1.99. The highest BCUT2D eigenvalue weighted by molar-refractivity contribution is 4.86. The van der Waals surface area contributed by atoms with E-state index in [1.54, 1.807) is 0 Å². The van der Waals surface area contributed by atoms with Crippen molar-refractivity contribution in [2.24, 2.45) is 0 Å². The van der Waals surface area contributed by atoms with E-state index in [-0.39, 0.29) is 6.10 Å². The van der Waals surface area contributed by atoms with E-state index in [1.165, 1.54) is 0 Å². The quantitative estimate of drug-likeness (QED) is 0.569. The van der Waals surface area contributed by atoms with Gasteiger partial charge in [0.25, 0.3) is 0 Å². The van der Waals surface area contributed by atoms with E-state index >= 15 is 0 Å². The van der Waals surface area contributed by atoms with Gasteiger partial charge in [0.05, 0.1) is 0 Å². The predicted molar refractivity (Wildman–Crippen MR) is 39.8 cm³/mol. The lowest BCUT2D eigenvalue weighted by molar-refractivity contribution is 0.0682. The summed E-state index contributed by atoms with van der Waals surface area (Å²) in [5, 5.41) is 4.08. The Balaban J connectivity index is 3.32. The molecule has 0 spiro atoms. The minimum atomic E-state index is 0.264. The van der Waals surface area contributed by atoms with Gasteiger partial charge in [0.2, 0.25) is 0 Å². The molecule has 2 nitrogen and oxygen atoms in total. The van der Waals surface area contributed by atoms with Crippen LogP contribution in [0.1, 0.15) is 20.8 Å². The van der Waals surface area contributed by atoms with Crippen LogP contribution < -0.4 is 0 Å². The molecule has 2 heteroatoms. The normalized spacial score (nSPS) is 17.3. The maximum absolute atomic E-state index is 5.30. The summed E-state index contributed by atoms with van der Waals surface area (Å²) in [5.41, 5.74) is 0. The first-order chi connectivity index (χ1) is 4.22. The third kappa shape index (κ3) is 3.49. The Morgan fingerprint density at radius 1 is 1.44 bits per heavy atom. The maximum Gasteiger partial charge on any atom is 0.0440 e. The number of nitrogens with zero attached hydrogens (tertiary/aromatic N) is 1. The van der Waals surface area contributed by atoms with Crippen LogP contribution in [0.4, 0.5) is 0 Å². The van der Waals surface area contributed by atoms with Crippen LogP contribution in [0.15, 0.2) is 0 Å². The Morgan fingerprint density at radius 3 is 2.33 bits per heavy atom. The fourth-order valence-electron chi connectivity index (χ4n) is 0.612. The Hall–Kier alpha value is -0.0800. The zero-order chi connectivity index (χ0) is 7.28. The van der Waals surface area contributed by atoms with Crippen LogP contribution in [0.5, 0.6) is 0 Å². The number of hydrogen-bond donors (Lipinski definition) is 0. The summed E-state index contributed by atoms with van der Waals surface area (Å²) in [7, 11) is 1.82. The SMILES string of the molecule is CCOC(C)C(C)[N-]C. The lowest BCUT2D eigenvalue weighted by atomic mass is 10.2. The largest absolute Gasteiger partial charge is 0.660 e.